The van der Waals surface area contributed by atoms with Gasteiger partial charge in [0.15, 0.2) is 11.6 Å². The van der Waals surface area contributed by atoms with Crippen molar-refractivity contribution < 1.29 is 8.78 Å². The number of likely N-dealkylation sites (N-methyl/N-ethyl adjacent to an activating group) is 1. The number of hydrogen-bond acceptors (Lipinski definition) is 2. The molecule has 0 aliphatic rings. The molecule has 2 aromatic rings. The fraction of sp³-hybridized carbons (Fsp3) is 0.231. The van der Waals surface area contributed by atoms with E-state index in [1.165, 1.54) is 17.4 Å². The first kappa shape index (κ1) is 14.7. The van der Waals surface area contributed by atoms with Crippen molar-refractivity contribution in [2.75, 3.05) is 7.05 Å². The summed E-state index contributed by atoms with van der Waals surface area (Å²) in [5.74, 6) is -1.69. The molecule has 0 aliphatic carbocycles. The molecule has 102 valence electrons. The second kappa shape index (κ2) is 6.18. The molecule has 1 unspecified atom stereocenters. The zero-order chi connectivity index (χ0) is 14.0. The van der Waals surface area contributed by atoms with Crippen LogP contribution in [0.25, 0.3) is 0 Å². The molecule has 0 fully saturated rings. The Hall–Kier alpha value is -0.680. The maximum Gasteiger partial charge on any atom is 0.159 e. The molecule has 0 bridgehead atoms. The third-order valence-corrected chi connectivity index (χ3v) is 4.35. The summed E-state index contributed by atoms with van der Waals surface area (Å²) < 4.78 is 27.3. The summed E-state index contributed by atoms with van der Waals surface area (Å²) in [4.78, 5) is 0. The Morgan fingerprint density at radius 3 is 2.47 bits per heavy atom. The van der Waals surface area contributed by atoms with Gasteiger partial charge in [0, 0.05) is 11.6 Å². The maximum atomic E-state index is 13.2. The van der Waals surface area contributed by atoms with Gasteiger partial charge in [-0.3, -0.25) is 0 Å². The average molecular weight is 322 g/mol. The number of hydrogen-bond donors (Lipinski definition) is 1. The third kappa shape index (κ3) is 3.45. The van der Waals surface area contributed by atoms with Crippen molar-refractivity contribution in [1.29, 1.82) is 0 Å². The second-order valence-corrected chi connectivity index (χ2v) is 6.36. The van der Waals surface area contributed by atoms with Gasteiger partial charge in [0.05, 0.1) is 8.67 Å². The molecule has 0 radical (unpaired) electrons. The Labute approximate surface area is 124 Å². The molecule has 1 N–H and O–H groups in total. The molecule has 0 amide bonds. The molecule has 6 heteroatoms. The smallest absolute Gasteiger partial charge is 0.159 e. The van der Waals surface area contributed by atoms with E-state index >= 15 is 0 Å². The van der Waals surface area contributed by atoms with E-state index in [0.29, 0.717) is 20.7 Å². The molecule has 0 spiro atoms. The van der Waals surface area contributed by atoms with E-state index in [-0.39, 0.29) is 6.04 Å². The van der Waals surface area contributed by atoms with Gasteiger partial charge in [-0.2, -0.15) is 0 Å². The number of thiophene rings is 1. The molecule has 1 heterocycles. The lowest BCUT2D eigenvalue weighted by Gasteiger charge is -2.16. The van der Waals surface area contributed by atoms with Crippen LogP contribution < -0.4 is 5.32 Å². The summed E-state index contributed by atoms with van der Waals surface area (Å²) in [7, 11) is 1.78. The topological polar surface area (TPSA) is 12.0 Å². The van der Waals surface area contributed by atoms with E-state index in [1.54, 1.807) is 19.2 Å². The van der Waals surface area contributed by atoms with E-state index in [9.17, 15) is 8.78 Å². The monoisotopic (exact) mass is 321 g/mol. The van der Waals surface area contributed by atoms with E-state index in [1.807, 2.05) is 0 Å². The van der Waals surface area contributed by atoms with Crippen molar-refractivity contribution >= 4 is 34.5 Å². The minimum absolute atomic E-state index is 0.0962. The van der Waals surface area contributed by atoms with Crippen molar-refractivity contribution in [3.63, 3.8) is 0 Å². The Morgan fingerprint density at radius 2 is 1.95 bits per heavy atom. The van der Waals surface area contributed by atoms with Crippen molar-refractivity contribution in [3.05, 3.63) is 55.7 Å². The lowest BCUT2D eigenvalue weighted by atomic mass is 10.0. The van der Waals surface area contributed by atoms with Crippen molar-refractivity contribution in [3.8, 4) is 0 Å². The zero-order valence-corrected chi connectivity index (χ0v) is 12.3. The maximum absolute atomic E-state index is 13.2. The highest BCUT2D eigenvalue weighted by molar-refractivity contribution is 7.20. The van der Waals surface area contributed by atoms with Crippen molar-refractivity contribution in [2.45, 2.75) is 12.5 Å². The first-order chi connectivity index (χ1) is 9.01. The van der Waals surface area contributed by atoms with Gasteiger partial charge in [0.1, 0.15) is 0 Å². The molecule has 1 nitrogen and oxygen atoms in total. The summed E-state index contributed by atoms with van der Waals surface area (Å²) >= 11 is 13.3. The molecule has 1 aromatic carbocycles. The van der Waals surface area contributed by atoms with Gasteiger partial charge in [0.25, 0.3) is 0 Å². The lowest BCUT2D eigenvalue weighted by molar-refractivity contribution is 0.504. The Bertz CT molecular complexity index is 586. The Morgan fingerprint density at radius 1 is 1.21 bits per heavy atom. The molecule has 0 aliphatic heterocycles. The van der Waals surface area contributed by atoms with Crippen LogP contribution in [0.15, 0.2) is 24.3 Å². The number of nitrogens with one attached hydrogen (secondary N) is 1. The molecule has 1 atom stereocenters. The largest absolute Gasteiger partial charge is 0.313 e. The van der Waals surface area contributed by atoms with Crippen molar-refractivity contribution in [1.82, 2.24) is 5.32 Å². The average Bonchev–Trinajstić information content (AvgIpc) is 2.70. The van der Waals surface area contributed by atoms with Gasteiger partial charge in [-0.25, -0.2) is 8.78 Å². The van der Waals surface area contributed by atoms with Crippen LogP contribution in [0.3, 0.4) is 0 Å². The molecule has 19 heavy (non-hydrogen) atoms. The summed E-state index contributed by atoms with van der Waals surface area (Å²) in [6.45, 7) is 0. The molecule has 0 saturated carbocycles. The molecule has 0 saturated heterocycles. The molecule has 2 rings (SSSR count). The van der Waals surface area contributed by atoms with Crippen LogP contribution in [-0.4, -0.2) is 7.05 Å². The normalized spacial score (nSPS) is 12.7. The fourth-order valence-corrected chi connectivity index (χ4v) is 3.44. The number of benzene rings is 1. The van der Waals surface area contributed by atoms with Crippen LogP contribution in [0.4, 0.5) is 8.78 Å². The fourth-order valence-electron chi connectivity index (χ4n) is 1.86. The predicted molar refractivity (Wildman–Crippen MR) is 76.2 cm³/mol. The van der Waals surface area contributed by atoms with Gasteiger partial charge >= 0.3 is 0 Å². The zero-order valence-electron chi connectivity index (χ0n) is 10.0. The third-order valence-electron chi connectivity index (χ3n) is 2.83. The first-order valence-corrected chi connectivity index (χ1v) is 7.14. The summed E-state index contributed by atoms with van der Waals surface area (Å²) in [6, 6.07) is 5.57. The minimum Gasteiger partial charge on any atom is -0.313 e. The highest BCUT2D eigenvalue weighted by Gasteiger charge is 2.17. The van der Waals surface area contributed by atoms with Gasteiger partial charge in [-0.1, -0.05) is 29.3 Å². The highest BCUT2D eigenvalue weighted by Crippen LogP contribution is 2.36. The predicted octanol–water partition coefficient (Wildman–Crippen LogP) is 4.84. The molecular weight excluding hydrogens is 311 g/mol. The standard InChI is InChI=1S/C13H11Cl2F2NS/c1-18-11(8-6-12(14)19-13(8)15)5-7-2-3-9(16)10(17)4-7/h2-4,6,11,18H,5H2,1H3. The lowest BCUT2D eigenvalue weighted by Crippen LogP contribution is -2.18. The van der Waals surface area contributed by atoms with Gasteiger partial charge < -0.3 is 5.32 Å². The van der Waals surface area contributed by atoms with E-state index in [4.69, 9.17) is 23.2 Å². The number of rotatable bonds is 4. The molecular formula is C13H11Cl2F2NS. The van der Waals surface area contributed by atoms with Crippen LogP contribution in [-0.2, 0) is 6.42 Å². The first-order valence-electron chi connectivity index (χ1n) is 5.57. The summed E-state index contributed by atoms with van der Waals surface area (Å²) in [6.07, 6.45) is 0.500. The Kier molecular flexibility index (Phi) is 4.79. The Balaban J connectivity index is 2.23. The van der Waals surface area contributed by atoms with Crippen LogP contribution in [0, 0.1) is 11.6 Å². The van der Waals surface area contributed by atoms with E-state index < -0.39 is 11.6 Å². The quantitative estimate of drug-likeness (QED) is 0.849. The number of halogens is 4. The van der Waals surface area contributed by atoms with Gasteiger partial charge in [0.2, 0.25) is 0 Å². The van der Waals surface area contributed by atoms with Crippen molar-refractivity contribution in [2.24, 2.45) is 0 Å². The summed E-state index contributed by atoms with van der Waals surface area (Å²) in [5.41, 5.74) is 1.56. The van der Waals surface area contributed by atoms with E-state index in [2.05, 4.69) is 5.32 Å². The minimum atomic E-state index is -0.846. The SMILES string of the molecule is CNC(Cc1ccc(F)c(F)c1)c1cc(Cl)sc1Cl. The van der Waals surface area contributed by atoms with E-state index in [0.717, 1.165) is 11.6 Å². The van der Waals surface area contributed by atoms with Crippen LogP contribution in [0.1, 0.15) is 17.2 Å². The summed E-state index contributed by atoms with van der Waals surface area (Å²) in [5, 5.41) is 3.10. The van der Waals surface area contributed by atoms with Crippen LogP contribution >= 0.6 is 34.5 Å². The second-order valence-electron chi connectivity index (χ2n) is 4.07. The highest BCUT2D eigenvalue weighted by atomic mass is 35.5. The van der Waals surface area contributed by atoms with Crippen LogP contribution in [0.5, 0.6) is 0 Å². The van der Waals surface area contributed by atoms with Gasteiger partial charge in [-0.05, 0) is 37.2 Å². The van der Waals surface area contributed by atoms with Gasteiger partial charge in [-0.15, -0.1) is 11.3 Å². The molecule has 1 aromatic heterocycles. The van der Waals surface area contributed by atoms with Crippen LogP contribution in [0.2, 0.25) is 8.67 Å².